The third kappa shape index (κ3) is 4.96. The van der Waals surface area contributed by atoms with E-state index in [-0.39, 0.29) is 35.7 Å². The van der Waals surface area contributed by atoms with E-state index in [0.29, 0.717) is 36.3 Å². The molecule has 0 radical (unpaired) electrons. The van der Waals surface area contributed by atoms with Gasteiger partial charge in [0.15, 0.2) is 0 Å². The predicted molar refractivity (Wildman–Crippen MR) is 160 cm³/mol. The number of ketones is 1. The van der Waals surface area contributed by atoms with Crippen LogP contribution in [0.4, 0.5) is 0 Å². The molecule has 7 unspecified atom stereocenters. The topological polar surface area (TPSA) is 69.7 Å². The number of hydrogen-bond donors (Lipinski definition) is 0. The van der Waals surface area contributed by atoms with Crippen molar-refractivity contribution in [1.29, 1.82) is 0 Å². The second-order valence-corrected chi connectivity index (χ2v) is 13.9. The molecular weight excluding hydrogens is 512 g/mol. The smallest absolute Gasteiger partial charge is 0.316 e. The Bertz CT molecular complexity index is 1520. The lowest BCUT2D eigenvalue weighted by atomic mass is 9.72. The van der Waals surface area contributed by atoms with Crippen LogP contribution in [0.15, 0.2) is 54.6 Å². The third-order valence-corrected chi connectivity index (χ3v) is 10.8. The zero-order chi connectivity index (χ0) is 29.1. The maximum absolute atomic E-state index is 13.7. The number of fused-ring (bicyclic) bond motifs is 7. The molecule has 6 rings (SSSR count). The third-order valence-electron chi connectivity index (χ3n) is 10.8. The molecule has 5 heteroatoms. The summed E-state index contributed by atoms with van der Waals surface area (Å²) in [4.78, 5) is 39.5. The summed E-state index contributed by atoms with van der Waals surface area (Å²) in [7, 11) is 0. The first-order valence-corrected chi connectivity index (χ1v) is 15.4. The van der Waals surface area contributed by atoms with Gasteiger partial charge in [0.1, 0.15) is 17.6 Å². The van der Waals surface area contributed by atoms with Crippen molar-refractivity contribution in [2.24, 2.45) is 40.4 Å². The van der Waals surface area contributed by atoms with E-state index in [4.69, 9.17) is 9.47 Å². The summed E-state index contributed by atoms with van der Waals surface area (Å²) in [6, 6.07) is 18.2. The molecule has 3 aliphatic carbocycles. The molecule has 0 aliphatic heterocycles. The molecule has 0 aromatic heterocycles. The highest BCUT2D eigenvalue weighted by Gasteiger charge is 2.59. The van der Waals surface area contributed by atoms with Crippen molar-refractivity contribution in [2.75, 3.05) is 0 Å². The van der Waals surface area contributed by atoms with Crippen molar-refractivity contribution in [3.63, 3.8) is 0 Å². The minimum atomic E-state index is -0.896. The van der Waals surface area contributed by atoms with Crippen molar-refractivity contribution in [1.82, 2.24) is 0 Å². The maximum atomic E-state index is 13.7. The fraction of sp³-hybridized carbons (Fsp3) is 0.528. The van der Waals surface area contributed by atoms with E-state index in [9.17, 15) is 14.4 Å². The number of benzene rings is 3. The molecule has 3 fully saturated rings. The van der Waals surface area contributed by atoms with Crippen molar-refractivity contribution in [3.05, 3.63) is 54.6 Å². The van der Waals surface area contributed by atoms with Crippen LogP contribution in [0.3, 0.4) is 0 Å². The first kappa shape index (κ1) is 27.9. The normalized spacial score (nSPS) is 28.4. The van der Waals surface area contributed by atoms with Crippen LogP contribution in [0.1, 0.15) is 73.1 Å². The summed E-state index contributed by atoms with van der Waals surface area (Å²) < 4.78 is 12.2. The van der Waals surface area contributed by atoms with Crippen LogP contribution >= 0.6 is 0 Å². The lowest BCUT2D eigenvalue weighted by Gasteiger charge is -2.38. The fourth-order valence-electron chi connectivity index (χ4n) is 8.55. The largest absolute Gasteiger partial charge is 0.462 e. The molecule has 0 saturated heterocycles. The van der Waals surface area contributed by atoms with Gasteiger partial charge in [0.2, 0.25) is 0 Å². The summed E-state index contributed by atoms with van der Waals surface area (Å²) in [6.07, 6.45) is 4.86. The Balaban J connectivity index is 1.13. The van der Waals surface area contributed by atoms with Crippen LogP contribution in [0.2, 0.25) is 0 Å². The van der Waals surface area contributed by atoms with Crippen molar-refractivity contribution >= 4 is 39.3 Å². The average molecular weight is 555 g/mol. The molecule has 0 amide bonds. The summed E-state index contributed by atoms with van der Waals surface area (Å²) in [5, 5.41) is 4.40. The molecule has 3 aliphatic rings. The Morgan fingerprint density at radius 3 is 2.20 bits per heavy atom. The maximum Gasteiger partial charge on any atom is 0.316 e. The first-order valence-electron chi connectivity index (χ1n) is 15.4. The molecule has 41 heavy (non-hydrogen) atoms. The molecule has 3 aromatic rings. The summed E-state index contributed by atoms with van der Waals surface area (Å²) >= 11 is 0. The first-order chi connectivity index (χ1) is 19.5. The SMILES string of the molecule is CCC(C)(CC(C)(C)C(=O)Oc1ccc2cc3ccccc3cc2c1)C(=O)OC1CC2CC1C1C(C(C)=O)CCC21. The predicted octanol–water partition coefficient (Wildman–Crippen LogP) is 7.91. The second kappa shape index (κ2) is 10.3. The fourth-order valence-corrected chi connectivity index (χ4v) is 8.55. The summed E-state index contributed by atoms with van der Waals surface area (Å²) in [6.45, 7) is 9.31. The monoisotopic (exact) mass is 554 g/mol. The van der Waals surface area contributed by atoms with Crippen LogP contribution < -0.4 is 4.74 Å². The van der Waals surface area contributed by atoms with Crippen LogP contribution in [0, 0.1) is 40.4 Å². The summed E-state index contributed by atoms with van der Waals surface area (Å²) in [5.74, 6) is 2.14. The van der Waals surface area contributed by atoms with E-state index < -0.39 is 10.8 Å². The second-order valence-electron chi connectivity index (χ2n) is 13.9. The number of esters is 2. The zero-order valence-electron chi connectivity index (χ0n) is 24.9. The van der Waals surface area contributed by atoms with Gasteiger partial charge in [0.25, 0.3) is 0 Å². The molecule has 7 atom stereocenters. The molecule has 2 bridgehead atoms. The van der Waals surface area contributed by atoms with E-state index in [0.717, 1.165) is 41.8 Å². The highest BCUT2D eigenvalue weighted by Crippen LogP contribution is 2.61. The molecular formula is C36H42O5. The minimum Gasteiger partial charge on any atom is -0.462 e. The van der Waals surface area contributed by atoms with Crippen LogP contribution in [-0.4, -0.2) is 23.8 Å². The quantitative estimate of drug-likeness (QED) is 0.161. The number of Topliss-reactive ketones (excluding diaryl/α,β-unsaturated/α-hetero) is 1. The minimum absolute atomic E-state index is 0.122. The molecule has 216 valence electrons. The summed E-state index contributed by atoms with van der Waals surface area (Å²) in [5.41, 5.74) is -1.71. The van der Waals surface area contributed by atoms with Gasteiger partial charge in [-0.15, -0.1) is 0 Å². The Labute approximate surface area is 243 Å². The molecule has 3 saturated carbocycles. The van der Waals surface area contributed by atoms with Gasteiger partial charge >= 0.3 is 11.9 Å². The van der Waals surface area contributed by atoms with Gasteiger partial charge in [-0.3, -0.25) is 14.4 Å². The molecule has 5 nitrogen and oxygen atoms in total. The van der Waals surface area contributed by atoms with Crippen LogP contribution in [-0.2, 0) is 19.1 Å². The lowest BCUT2D eigenvalue weighted by Crippen LogP contribution is -2.43. The zero-order valence-corrected chi connectivity index (χ0v) is 24.9. The van der Waals surface area contributed by atoms with Gasteiger partial charge in [-0.2, -0.15) is 0 Å². The number of ether oxygens (including phenoxy) is 2. The van der Waals surface area contributed by atoms with E-state index in [2.05, 4.69) is 24.3 Å². The van der Waals surface area contributed by atoms with Crippen molar-refractivity contribution < 1.29 is 23.9 Å². The Morgan fingerprint density at radius 1 is 0.829 bits per heavy atom. The Hall–Kier alpha value is -3.21. The van der Waals surface area contributed by atoms with Gasteiger partial charge in [0, 0.05) is 11.8 Å². The molecule has 3 aromatic carbocycles. The highest BCUT2D eigenvalue weighted by molar-refractivity contribution is 5.99. The van der Waals surface area contributed by atoms with E-state index in [1.807, 2.05) is 58.0 Å². The standard InChI is InChI=1S/C36H42O5/c1-6-36(5,34(39)41-31-19-26-18-30(31)32-28(21(2)37)13-14-29(26)32)20-35(3,4)33(38)40-27-12-11-24-15-22-9-7-8-10-23(22)16-25(24)17-27/h7-12,15-17,26,28-32H,6,13-14,18-20H2,1-5H3. The number of hydrogen-bond acceptors (Lipinski definition) is 5. The van der Waals surface area contributed by atoms with Crippen LogP contribution in [0.25, 0.3) is 21.5 Å². The van der Waals surface area contributed by atoms with Gasteiger partial charge in [0.05, 0.1) is 10.8 Å². The Kier molecular flexibility index (Phi) is 6.99. The van der Waals surface area contributed by atoms with Gasteiger partial charge in [-0.05, 0) is 130 Å². The molecule has 0 heterocycles. The molecule has 0 spiro atoms. The average Bonchev–Trinajstić information content (AvgIpc) is 3.64. The number of rotatable bonds is 8. The number of carbonyl (C=O) groups excluding carboxylic acids is 3. The van der Waals surface area contributed by atoms with E-state index in [1.54, 1.807) is 6.92 Å². The van der Waals surface area contributed by atoms with Crippen LogP contribution in [0.5, 0.6) is 5.75 Å². The van der Waals surface area contributed by atoms with Gasteiger partial charge in [-0.1, -0.05) is 37.3 Å². The Morgan fingerprint density at radius 2 is 1.51 bits per heavy atom. The van der Waals surface area contributed by atoms with Crippen molar-refractivity contribution in [2.45, 2.75) is 79.2 Å². The van der Waals surface area contributed by atoms with Gasteiger partial charge in [-0.25, -0.2) is 0 Å². The number of carbonyl (C=O) groups is 3. The van der Waals surface area contributed by atoms with Gasteiger partial charge < -0.3 is 9.47 Å². The highest BCUT2D eigenvalue weighted by atomic mass is 16.5. The van der Waals surface area contributed by atoms with E-state index in [1.165, 1.54) is 5.39 Å². The van der Waals surface area contributed by atoms with Crippen molar-refractivity contribution in [3.8, 4) is 5.75 Å². The lowest BCUT2D eigenvalue weighted by molar-refractivity contribution is -0.168. The van der Waals surface area contributed by atoms with E-state index >= 15 is 0 Å². The molecule has 0 N–H and O–H groups in total.